The predicted molar refractivity (Wildman–Crippen MR) is 131 cm³/mol. The lowest BCUT2D eigenvalue weighted by molar-refractivity contribution is 0.430. The van der Waals surface area contributed by atoms with E-state index in [9.17, 15) is 0 Å². The Bertz CT molecular complexity index is 257. The zero-order valence-corrected chi connectivity index (χ0v) is 20.0. The number of rotatable bonds is 24. The first-order chi connectivity index (χ1) is 13.8. The van der Waals surface area contributed by atoms with Crippen LogP contribution in [0, 0.1) is 19.8 Å². The summed E-state index contributed by atoms with van der Waals surface area (Å²) in [6, 6.07) is 0. The van der Waals surface area contributed by atoms with E-state index in [-0.39, 0.29) is 0 Å². The van der Waals surface area contributed by atoms with Gasteiger partial charge in [0.1, 0.15) is 0 Å². The van der Waals surface area contributed by atoms with Gasteiger partial charge in [0, 0.05) is 0 Å². The fourth-order valence-electron chi connectivity index (χ4n) is 4.31. The van der Waals surface area contributed by atoms with Gasteiger partial charge in [0.25, 0.3) is 0 Å². The summed E-state index contributed by atoms with van der Waals surface area (Å²) in [5.41, 5.74) is 0. The second kappa shape index (κ2) is 25.0. The molecule has 0 aromatic carbocycles. The van der Waals surface area contributed by atoms with Crippen LogP contribution in [0.2, 0.25) is 0 Å². The zero-order valence-electron chi connectivity index (χ0n) is 20.0. The molecule has 1 atom stereocenters. The molecule has 1 unspecified atom stereocenters. The first-order valence-corrected chi connectivity index (χ1v) is 13.4. The van der Waals surface area contributed by atoms with Crippen LogP contribution >= 0.6 is 0 Å². The third-order valence-electron chi connectivity index (χ3n) is 6.39. The van der Waals surface area contributed by atoms with Crippen molar-refractivity contribution in [3.63, 3.8) is 0 Å². The summed E-state index contributed by atoms with van der Waals surface area (Å²) in [6.45, 7) is 10.3. The van der Waals surface area contributed by atoms with Gasteiger partial charge in [0.2, 0.25) is 0 Å². The van der Waals surface area contributed by atoms with E-state index < -0.39 is 0 Å². The van der Waals surface area contributed by atoms with E-state index in [2.05, 4.69) is 20.8 Å². The van der Waals surface area contributed by atoms with Crippen LogP contribution in [-0.2, 0) is 0 Å². The van der Waals surface area contributed by atoms with Crippen LogP contribution in [0.1, 0.15) is 161 Å². The smallest absolute Gasteiger partial charge is 0.0443 e. The quantitative estimate of drug-likeness (QED) is 0.143. The van der Waals surface area contributed by atoms with Crippen molar-refractivity contribution < 1.29 is 0 Å². The molecule has 0 heteroatoms. The molecule has 0 bridgehead atoms. The minimum atomic E-state index is 0.959. The van der Waals surface area contributed by atoms with E-state index in [1.165, 1.54) is 141 Å². The van der Waals surface area contributed by atoms with Crippen molar-refractivity contribution in [1.82, 2.24) is 0 Å². The van der Waals surface area contributed by atoms with Crippen LogP contribution in [0.4, 0.5) is 0 Å². The highest BCUT2D eigenvalue weighted by Gasteiger charge is 2.02. The van der Waals surface area contributed by atoms with Crippen LogP contribution < -0.4 is 0 Å². The molecule has 0 saturated heterocycles. The van der Waals surface area contributed by atoms with Crippen molar-refractivity contribution in [2.45, 2.75) is 161 Å². The summed E-state index contributed by atoms with van der Waals surface area (Å²) in [7, 11) is 0. The fraction of sp³-hybridized carbons (Fsp3) is 0.929. The summed E-state index contributed by atoms with van der Waals surface area (Å²) in [5.74, 6) is 0.959. The molecule has 0 amide bonds. The van der Waals surface area contributed by atoms with Gasteiger partial charge in [-0.05, 0) is 5.92 Å². The average molecular weight is 393 g/mol. The van der Waals surface area contributed by atoms with Gasteiger partial charge in [0.15, 0.2) is 0 Å². The molecule has 0 aromatic heterocycles. The lowest BCUT2D eigenvalue weighted by atomic mass is 9.95. The number of hydrogen-bond donors (Lipinski definition) is 0. The molecule has 0 aromatic rings. The van der Waals surface area contributed by atoms with Gasteiger partial charge in [-0.15, -0.1) is 0 Å². The molecular weight excluding hydrogens is 336 g/mol. The second-order valence-corrected chi connectivity index (χ2v) is 9.46. The highest BCUT2D eigenvalue weighted by atomic mass is 14.1. The molecule has 0 spiro atoms. The standard InChI is InChI=1S/C28H56/c1-4-6-8-10-12-14-16-17-19-21-23-25-27-28(3)26-24-22-20-18-15-13-11-9-7-5-2/h28H,1-2,4-27H2,3H3. The Morgan fingerprint density at radius 1 is 0.357 bits per heavy atom. The summed E-state index contributed by atoms with van der Waals surface area (Å²) < 4.78 is 0. The van der Waals surface area contributed by atoms with Gasteiger partial charge in [0.05, 0.1) is 0 Å². The highest BCUT2D eigenvalue weighted by Crippen LogP contribution is 2.19. The summed E-state index contributed by atoms with van der Waals surface area (Å²) in [6.07, 6.45) is 34.1. The number of hydrogen-bond acceptors (Lipinski definition) is 0. The Balaban J connectivity index is 3.12. The average Bonchev–Trinajstić information content (AvgIpc) is 2.70. The summed E-state index contributed by atoms with van der Waals surface area (Å²) in [4.78, 5) is 0. The second-order valence-electron chi connectivity index (χ2n) is 9.46. The molecule has 0 nitrogen and oxygen atoms in total. The fourth-order valence-corrected chi connectivity index (χ4v) is 4.31. The topological polar surface area (TPSA) is 0 Å². The Morgan fingerprint density at radius 2 is 0.571 bits per heavy atom. The number of unbranched alkanes of at least 4 members (excludes halogenated alkanes) is 20. The third kappa shape index (κ3) is 24.0. The van der Waals surface area contributed by atoms with Gasteiger partial charge in [-0.25, -0.2) is 0 Å². The van der Waals surface area contributed by atoms with Gasteiger partial charge in [-0.3, -0.25) is 0 Å². The van der Waals surface area contributed by atoms with Crippen molar-refractivity contribution in [3.05, 3.63) is 13.8 Å². The Labute approximate surface area is 181 Å². The van der Waals surface area contributed by atoms with Gasteiger partial charge in [-0.2, -0.15) is 0 Å². The Morgan fingerprint density at radius 3 is 0.821 bits per heavy atom. The molecular formula is C28H56. The minimum Gasteiger partial charge on any atom is -0.0625 e. The lowest BCUT2D eigenvalue weighted by Gasteiger charge is -2.11. The molecule has 0 N–H and O–H groups in total. The zero-order chi connectivity index (χ0) is 20.5. The van der Waals surface area contributed by atoms with Crippen LogP contribution in [-0.4, -0.2) is 0 Å². The van der Waals surface area contributed by atoms with Crippen LogP contribution in [0.15, 0.2) is 0 Å². The van der Waals surface area contributed by atoms with Gasteiger partial charge >= 0.3 is 0 Å². The van der Waals surface area contributed by atoms with E-state index in [0.717, 1.165) is 18.8 Å². The molecule has 0 aliphatic rings. The van der Waals surface area contributed by atoms with Crippen LogP contribution in [0.25, 0.3) is 0 Å². The van der Waals surface area contributed by atoms with Crippen molar-refractivity contribution in [2.75, 3.05) is 0 Å². The normalized spacial score (nSPS) is 12.5. The van der Waals surface area contributed by atoms with Gasteiger partial charge in [-0.1, -0.05) is 175 Å². The molecule has 0 rings (SSSR count). The SMILES string of the molecule is [CH2]CCCCCCCCCCCCCC(C)CCCCCCCCCCC[CH2]. The summed E-state index contributed by atoms with van der Waals surface area (Å²) >= 11 is 0. The minimum absolute atomic E-state index is 0.959. The molecule has 0 aliphatic heterocycles. The Hall–Kier alpha value is 0. The van der Waals surface area contributed by atoms with E-state index >= 15 is 0 Å². The highest BCUT2D eigenvalue weighted by molar-refractivity contribution is 4.56. The largest absolute Gasteiger partial charge is 0.0625 e. The van der Waals surface area contributed by atoms with Gasteiger partial charge < -0.3 is 0 Å². The maximum absolute atomic E-state index is 3.92. The molecule has 0 aliphatic carbocycles. The predicted octanol–water partition coefficient (Wildman–Crippen LogP) is 10.7. The molecule has 168 valence electrons. The van der Waals surface area contributed by atoms with Crippen molar-refractivity contribution in [1.29, 1.82) is 0 Å². The van der Waals surface area contributed by atoms with E-state index in [1.807, 2.05) is 0 Å². The lowest BCUT2D eigenvalue weighted by Crippen LogP contribution is -1.95. The van der Waals surface area contributed by atoms with E-state index in [0.29, 0.717) is 0 Å². The summed E-state index contributed by atoms with van der Waals surface area (Å²) in [5, 5.41) is 0. The van der Waals surface area contributed by atoms with E-state index in [4.69, 9.17) is 0 Å². The maximum Gasteiger partial charge on any atom is -0.0443 e. The maximum atomic E-state index is 3.92. The van der Waals surface area contributed by atoms with Crippen molar-refractivity contribution in [3.8, 4) is 0 Å². The molecule has 0 fully saturated rings. The molecule has 0 saturated carbocycles. The van der Waals surface area contributed by atoms with Crippen molar-refractivity contribution >= 4 is 0 Å². The third-order valence-corrected chi connectivity index (χ3v) is 6.39. The van der Waals surface area contributed by atoms with E-state index in [1.54, 1.807) is 0 Å². The van der Waals surface area contributed by atoms with Crippen LogP contribution in [0.3, 0.4) is 0 Å². The van der Waals surface area contributed by atoms with Crippen molar-refractivity contribution in [2.24, 2.45) is 5.92 Å². The first-order valence-electron chi connectivity index (χ1n) is 13.4. The Kier molecular flexibility index (Phi) is 25.0. The van der Waals surface area contributed by atoms with Crippen LogP contribution in [0.5, 0.6) is 0 Å². The molecule has 0 heterocycles. The first kappa shape index (κ1) is 28.0. The molecule has 2 radical (unpaired) electrons. The molecule has 28 heavy (non-hydrogen) atoms. The monoisotopic (exact) mass is 392 g/mol.